The van der Waals surface area contributed by atoms with Crippen LogP contribution in [-0.4, -0.2) is 26.9 Å². The minimum atomic E-state index is -0.217. The van der Waals surface area contributed by atoms with Crippen LogP contribution in [0.15, 0.2) is 48.5 Å². The second kappa shape index (κ2) is 8.96. The van der Waals surface area contributed by atoms with E-state index >= 15 is 0 Å². The SMILES string of the molecule is CC12CCC(C1)C(C)(C)[C@@H]2Nc1nc(N)nc(NCc2ccc(C(=O)Nc3ccccc3N)cc2)n1. The molecule has 2 saturated carbocycles. The summed E-state index contributed by atoms with van der Waals surface area (Å²) in [5.74, 6) is 1.59. The molecule has 9 nitrogen and oxygen atoms in total. The highest BCUT2D eigenvalue weighted by Gasteiger charge is 2.59. The molecule has 1 aromatic heterocycles. The Morgan fingerprint density at radius 3 is 2.42 bits per heavy atom. The Balaban J connectivity index is 1.22. The van der Waals surface area contributed by atoms with Gasteiger partial charge in [0.15, 0.2) is 0 Å². The fraction of sp³-hybridized carbons (Fsp3) is 0.407. The number of nitrogens with one attached hydrogen (secondary N) is 3. The highest BCUT2D eigenvalue weighted by atomic mass is 16.1. The van der Waals surface area contributed by atoms with Gasteiger partial charge in [0, 0.05) is 18.2 Å². The van der Waals surface area contributed by atoms with Crippen LogP contribution in [0.1, 0.15) is 56.0 Å². The molecule has 2 aromatic carbocycles. The largest absolute Gasteiger partial charge is 0.397 e. The van der Waals surface area contributed by atoms with Crippen LogP contribution in [-0.2, 0) is 6.54 Å². The highest BCUT2D eigenvalue weighted by Crippen LogP contribution is 2.63. The Bertz CT molecular complexity index is 1270. The molecule has 36 heavy (non-hydrogen) atoms. The fourth-order valence-corrected chi connectivity index (χ4v) is 6.09. The number of aromatic nitrogens is 3. The Labute approximate surface area is 211 Å². The predicted octanol–water partition coefficient (Wildman–Crippen LogP) is 4.53. The molecule has 2 fully saturated rings. The summed E-state index contributed by atoms with van der Waals surface area (Å²) in [6.45, 7) is 7.51. The molecular weight excluding hydrogens is 452 g/mol. The number of rotatable bonds is 7. The summed E-state index contributed by atoms with van der Waals surface area (Å²) in [6, 6.07) is 14.8. The molecule has 3 atom stereocenters. The second-order valence-electron chi connectivity index (χ2n) is 10.9. The molecule has 1 heterocycles. The van der Waals surface area contributed by atoms with E-state index in [1.807, 2.05) is 24.3 Å². The molecule has 2 aliphatic carbocycles. The van der Waals surface area contributed by atoms with Gasteiger partial charge < -0.3 is 27.4 Å². The number of hydrogen-bond donors (Lipinski definition) is 5. The minimum Gasteiger partial charge on any atom is -0.397 e. The lowest BCUT2D eigenvalue weighted by Gasteiger charge is -2.43. The van der Waals surface area contributed by atoms with Gasteiger partial charge in [-0.2, -0.15) is 15.0 Å². The summed E-state index contributed by atoms with van der Waals surface area (Å²) in [6.07, 6.45) is 3.74. The molecule has 188 valence electrons. The first-order valence-electron chi connectivity index (χ1n) is 12.4. The van der Waals surface area contributed by atoms with Crippen molar-refractivity contribution in [3.05, 3.63) is 59.7 Å². The monoisotopic (exact) mass is 486 g/mol. The maximum atomic E-state index is 12.6. The number of nitrogens with two attached hydrogens (primary N) is 2. The third-order valence-electron chi connectivity index (χ3n) is 8.07. The number of carbonyl (C=O) groups excluding carboxylic acids is 1. The Hall–Kier alpha value is -3.88. The van der Waals surface area contributed by atoms with Crippen molar-refractivity contribution in [3.8, 4) is 0 Å². The first kappa shape index (κ1) is 23.8. The summed E-state index contributed by atoms with van der Waals surface area (Å²) in [4.78, 5) is 25.8. The van der Waals surface area contributed by atoms with Crippen LogP contribution >= 0.6 is 0 Å². The predicted molar refractivity (Wildman–Crippen MR) is 143 cm³/mol. The lowest BCUT2D eigenvalue weighted by molar-refractivity contribution is 0.102. The van der Waals surface area contributed by atoms with Gasteiger partial charge in [-0.3, -0.25) is 4.79 Å². The van der Waals surface area contributed by atoms with Gasteiger partial charge in [0.2, 0.25) is 17.8 Å². The van der Waals surface area contributed by atoms with Crippen molar-refractivity contribution in [2.45, 2.75) is 52.6 Å². The third kappa shape index (κ3) is 4.53. The topological polar surface area (TPSA) is 144 Å². The van der Waals surface area contributed by atoms with Crippen LogP contribution in [0.5, 0.6) is 0 Å². The quantitative estimate of drug-likeness (QED) is 0.307. The molecule has 5 rings (SSSR count). The summed E-state index contributed by atoms with van der Waals surface area (Å²) >= 11 is 0. The maximum absolute atomic E-state index is 12.6. The summed E-state index contributed by atoms with van der Waals surface area (Å²) in [5, 5.41) is 9.66. The molecule has 0 saturated heterocycles. The molecule has 2 aliphatic rings. The fourth-order valence-electron chi connectivity index (χ4n) is 6.09. The Morgan fingerprint density at radius 1 is 1.00 bits per heavy atom. The normalized spacial score (nSPS) is 23.9. The van der Waals surface area contributed by atoms with Gasteiger partial charge in [0.05, 0.1) is 11.4 Å². The van der Waals surface area contributed by atoms with Crippen molar-refractivity contribution in [2.24, 2.45) is 16.7 Å². The standard InChI is InChI=1S/C27H34N8O/c1-26(2)18-12-13-27(3,14-18)22(26)32-25-34-23(29)33-24(35-25)30-15-16-8-10-17(11-9-16)21(36)31-20-7-5-4-6-19(20)28/h4-11,18,22H,12-15,28H2,1-3H3,(H,31,36)(H4,29,30,32,33,34,35)/t18?,22-,27?/m0/s1. The van der Waals surface area contributed by atoms with Gasteiger partial charge >= 0.3 is 0 Å². The van der Waals surface area contributed by atoms with E-state index in [1.165, 1.54) is 19.3 Å². The molecule has 7 N–H and O–H groups in total. The van der Waals surface area contributed by atoms with Gasteiger partial charge in [0.1, 0.15) is 0 Å². The van der Waals surface area contributed by atoms with Crippen molar-refractivity contribution < 1.29 is 4.79 Å². The maximum Gasteiger partial charge on any atom is 0.255 e. The van der Waals surface area contributed by atoms with Crippen LogP contribution in [0.2, 0.25) is 0 Å². The van der Waals surface area contributed by atoms with Gasteiger partial charge in [-0.05, 0) is 65.8 Å². The second-order valence-corrected chi connectivity index (χ2v) is 10.9. The van der Waals surface area contributed by atoms with E-state index in [2.05, 4.69) is 51.7 Å². The number of amides is 1. The van der Waals surface area contributed by atoms with Gasteiger partial charge in [-0.1, -0.05) is 45.0 Å². The van der Waals surface area contributed by atoms with Crippen molar-refractivity contribution >= 4 is 35.1 Å². The number of benzene rings is 2. The number of fused-ring (bicyclic) bond motifs is 2. The molecular formula is C27H34N8O. The van der Waals surface area contributed by atoms with E-state index in [0.29, 0.717) is 41.3 Å². The average molecular weight is 487 g/mol. The van der Waals surface area contributed by atoms with E-state index < -0.39 is 0 Å². The summed E-state index contributed by atoms with van der Waals surface area (Å²) in [5.41, 5.74) is 15.0. The Kier molecular flexibility index (Phi) is 5.94. The highest BCUT2D eigenvalue weighted by molar-refractivity contribution is 6.05. The number of nitrogen functional groups attached to an aromatic ring is 2. The molecule has 0 aliphatic heterocycles. The van der Waals surface area contributed by atoms with Crippen LogP contribution in [0.25, 0.3) is 0 Å². The minimum absolute atomic E-state index is 0.169. The molecule has 0 radical (unpaired) electrons. The molecule has 1 amide bonds. The molecule has 2 bridgehead atoms. The third-order valence-corrected chi connectivity index (χ3v) is 8.07. The van der Waals surface area contributed by atoms with Gasteiger partial charge in [-0.15, -0.1) is 0 Å². The van der Waals surface area contributed by atoms with Crippen molar-refractivity contribution in [2.75, 3.05) is 27.4 Å². The zero-order valence-electron chi connectivity index (χ0n) is 21.0. The molecule has 2 unspecified atom stereocenters. The molecule has 0 spiro atoms. The van der Waals surface area contributed by atoms with Crippen molar-refractivity contribution in [3.63, 3.8) is 0 Å². The summed E-state index contributed by atoms with van der Waals surface area (Å²) in [7, 11) is 0. The Morgan fingerprint density at radius 2 is 1.72 bits per heavy atom. The van der Waals surface area contributed by atoms with E-state index in [1.54, 1.807) is 24.3 Å². The van der Waals surface area contributed by atoms with Gasteiger partial charge in [0.25, 0.3) is 5.91 Å². The zero-order chi connectivity index (χ0) is 25.5. The van der Waals surface area contributed by atoms with E-state index in [9.17, 15) is 4.79 Å². The average Bonchev–Trinajstić information content (AvgIpc) is 3.33. The van der Waals surface area contributed by atoms with Crippen molar-refractivity contribution in [1.29, 1.82) is 0 Å². The van der Waals surface area contributed by atoms with Gasteiger partial charge in [-0.25, -0.2) is 0 Å². The smallest absolute Gasteiger partial charge is 0.255 e. The van der Waals surface area contributed by atoms with E-state index in [4.69, 9.17) is 11.5 Å². The number of anilines is 5. The van der Waals surface area contributed by atoms with E-state index in [0.717, 1.165) is 5.56 Å². The van der Waals surface area contributed by atoms with Crippen LogP contribution < -0.4 is 27.4 Å². The van der Waals surface area contributed by atoms with Crippen LogP contribution in [0.3, 0.4) is 0 Å². The molecule has 3 aromatic rings. The lowest BCUT2D eigenvalue weighted by atomic mass is 9.68. The van der Waals surface area contributed by atoms with Crippen LogP contribution in [0.4, 0.5) is 29.2 Å². The summed E-state index contributed by atoms with van der Waals surface area (Å²) < 4.78 is 0. The number of carbonyl (C=O) groups is 1. The number of para-hydroxylation sites is 2. The first-order chi connectivity index (χ1) is 17.1. The lowest BCUT2D eigenvalue weighted by Crippen LogP contribution is -2.46. The van der Waals surface area contributed by atoms with Crippen LogP contribution in [0, 0.1) is 16.7 Å². The van der Waals surface area contributed by atoms with E-state index in [-0.39, 0.29) is 28.7 Å². The van der Waals surface area contributed by atoms with Crippen molar-refractivity contribution in [1.82, 2.24) is 15.0 Å². The zero-order valence-corrected chi connectivity index (χ0v) is 21.0. The first-order valence-corrected chi connectivity index (χ1v) is 12.4. The number of hydrogen-bond acceptors (Lipinski definition) is 8. The molecule has 9 heteroatoms. The number of nitrogens with zero attached hydrogens (tertiary/aromatic N) is 3.